The maximum atomic E-state index is 7.08. The summed E-state index contributed by atoms with van der Waals surface area (Å²) in [5.41, 5.74) is 1.60. The molecule has 0 amide bonds. The largest absolute Gasteiger partial charge is 0.331 e. The predicted molar refractivity (Wildman–Crippen MR) is 53.2 cm³/mol. The first-order chi connectivity index (χ1) is 5.77. The molecule has 0 aliphatic heterocycles. The van der Waals surface area contributed by atoms with Crippen LogP contribution < -0.4 is 0 Å². The average Bonchev–Trinajstić information content (AvgIpc) is 2.42. The average molecular weight is 181 g/mol. The third-order valence-corrected chi connectivity index (χ3v) is 1.66. The number of aromatic amines is 2. The van der Waals surface area contributed by atoms with Crippen LogP contribution in [0.5, 0.6) is 0 Å². The highest BCUT2D eigenvalue weighted by atomic mass is 32.1. The molecule has 0 aliphatic rings. The number of allylic oxidation sites excluding steroid dienone is 1. The minimum atomic E-state index is 0.559. The van der Waals surface area contributed by atoms with Crippen LogP contribution in [0.15, 0.2) is 6.08 Å². The molecule has 1 aromatic heterocycles. The summed E-state index contributed by atoms with van der Waals surface area (Å²) in [5.74, 6) is 0. The highest BCUT2D eigenvalue weighted by Crippen LogP contribution is 2.03. The van der Waals surface area contributed by atoms with E-state index in [-0.39, 0.29) is 0 Å². The monoisotopic (exact) mass is 181 g/mol. The molecule has 1 rings (SSSR count). The van der Waals surface area contributed by atoms with Crippen LogP contribution in [0.4, 0.5) is 0 Å². The van der Waals surface area contributed by atoms with Gasteiger partial charge in [0.2, 0.25) is 0 Å². The lowest BCUT2D eigenvalue weighted by molar-refractivity contribution is 1.22. The van der Waals surface area contributed by atoms with Gasteiger partial charge in [-0.15, -0.1) is 0 Å². The summed E-state index contributed by atoms with van der Waals surface area (Å²) < 4.78 is 0.559. The molecule has 0 spiro atoms. The molecule has 1 heterocycles. The van der Waals surface area contributed by atoms with Gasteiger partial charge in [-0.05, 0) is 24.7 Å². The summed E-state index contributed by atoms with van der Waals surface area (Å²) in [7, 11) is 0. The fraction of sp³-hybridized carbons (Fsp3) is 0.250. The molecule has 1 aromatic rings. The summed E-state index contributed by atoms with van der Waals surface area (Å²) in [5, 5.41) is 7.08. The normalized spacial score (nSPS) is 10.8. The van der Waals surface area contributed by atoms with Gasteiger partial charge in [-0.2, -0.15) is 0 Å². The first-order valence-corrected chi connectivity index (χ1v) is 4.18. The second kappa shape index (κ2) is 4.01. The fourth-order valence-electron chi connectivity index (χ4n) is 0.892. The number of nitrogens with one attached hydrogen (secondary N) is 3. The zero-order valence-electron chi connectivity index (χ0n) is 6.85. The molecule has 64 valence electrons. The Labute approximate surface area is 76.0 Å². The molecular weight excluding hydrogens is 170 g/mol. The Kier molecular flexibility index (Phi) is 2.99. The van der Waals surface area contributed by atoms with E-state index in [0.29, 0.717) is 4.77 Å². The van der Waals surface area contributed by atoms with Gasteiger partial charge < -0.3 is 15.4 Å². The van der Waals surface area contributed by atoms with Crippen molar-refractivity contribution in [2.75, 3.05) is 0 Å². The molecule has 3 nitrogen and oxygen atoms in total. The summed E-state index contributed by atoms with van der Waals surface area (Å²) in [6, 6.07) is 0. The Morgan fingerprint density at radius 1 is 1.42 bits per heavy atom. The van der Waals surface area contributed by atoms with Gasteiger partial charge in [0.1, 0.15) is 0 Å². The van der Waals surface area contributed by atoms with Crippen LogP contribution in [0.25, 0.3) is 6.08 Å². The van der Waals surface area contributed by atoms with Crippen molar-refractivity contribution in [1.82, 2.24) is 9.97 Å². The smallest absolute Gasteiger partial charge is 0.175 e. The van der Waals surface area contributed by atoms with Crippen molar-refractivity contribution in [3.8, 4) is 0 Å². The van der Waals surface area contributed by atoms with Gasteiger partial charge in [0.15, 0.2) is 4.77 Å². The van der Waals surface area contributed by atoms with E-state index in [2.05, 4.69) is 16.9 Å². The van der Waals surface area contributed by atoms with E-state index >= 15 is 0 Å². The third-order valence-electron chi connectivity index (χ3n) is 1.45. The number of aromatic nitrogens is 2. The van der Waals surface area contributed by atoms with E-state index in [9.17, 15) is 0 Å². The Balaban J connectivity index is 3.04. The molecule has 0 atom stereocenters. The van der Waals surface area contributed by atoms with Crippen LogP contribution in [0.1, 0.15) is 24.7 Å². The molecule has 0 aliphatic carbocycles. The first kappa shape index (κ1) is 8.93. The van der Waals surface area contributed by atoms with Gasteiger partial charge in [0.25, 0.3) is 0 Å². The molecular formula is C8H11N3S. The molecule has 0 aromatic carbocycles. The van der Waals surface area contributed by atoms with Gasteiger partial charge in [-0.25, -0.2) is 0 Å². The molecule has 12 heavy (non-hydrogen) atoms. The van der Waals surface area contributed by atoms with Crippen molar-refractivity contribution >= 4 is 24.5 Å². The van der Waals surface area contributed by atoms with Crippen molar-refractivity contribution in [2.45, 2.75) is 13.3 Å². The molecule has 0 radical (unpaired) electrons. The summed E-state index contributed by atoms with van der Waals surface area (Å²) in [6.07, 6.45) is 6.17. The number of rotatable bonds is 3. The Hall–Kier alpha value is -1.16. The van der Waals surface area contributed by atoms with Crippen molar-refractivity contribution in [3.63, 3.8) is 0 Å². The topological polar surface area (TPSA) is 55.4 Å². The lowest BCUT2D eigenvalue weighted by Crippen LogP contribution is -1.82. The highest BCUT2D eigenvalue weighted by molar-refractivity contribution is 7.71. The van der Waals surface area contributed by atoms with Crippen LogP contribution in [0.2, 0.25) is 0 Å². The lowest BCUT2D eigenvalue weighted by Gasteiger charge is -1.87. The van der Waals surface area contributed by atoms with E-state index in [1.165, 1.54) is 6.21 Å². The van der Waals surface area contributed by atoms with Crippen LogP contribution >= 0.6 is 12.2 Å². The Morgan fingerprint density at radius 3 is 2.67 bits per heavy atom. The number of hydrogen-bond acceptors (Lipinski definition) is 2. The van der Waals surface area contributed by atoms with E-state index in [0.717, 1.165) is 17.8 Å². The van der Waals surface area contributed by atoms with E-state index < -0.39 is 0 Å². The quantitative estimate of drug-likeness (QED) is 0.487. The minimum absolute atomic E-state index is 0.559. The van der Waals surface area contributed by atoms with Crippen molar-refractivity contribution < 1.29 is 0 Å². The van der Waals surface area contributed by atoms with Crippen LogP contribution in [0.3, 0.4) is 0 Å². The Morgan fingerprint density at radius 2 is 2.08 bits per heavy atom. The molecule has 3 N–H and O–H groups in total. The van der Waals surface area contributed by atoms with Crippen LogP contribution in [0, 0.1) is 10.2 Å². The predicted octanol–water partition coefficient (Wildman–Crippen LogP) is 2.49. The van der Waals surface area contributed by atoms with Gasteiger partial charge >= 0.3 is 0 Å². The second-order valence-corrected chi connectivity index (χ2v) is 2.77. The number of hydrogen-bond donors (Lipinski definition) is 3. The summed E-state index contributed by atoms with van der Waals surface area (Å²) >= 11 is 4.89. The van der Waals surface area contributed by atoms with Gasteiger partial charge in [-0.3, -0.25) is 0 Å². The second-order valence-electron chi connectivity index (χ2n) is 2.36. The first-order valence-electron chi connectivity index (χ1n) is 3.77. The summed E-state index contributed by atoms with van der Waals surface area (Å²) in [6.45, 7) is 2.06. The SMILES string of the molecule is CC/C=C\c1[nH]c(=S)[nH]c1C=N. The highest BCUT2D eigenvalue weighted by Gasteiger charge is 1.97. The zero-order valence-corrected chi connectivity index (χ0v) is 7.66. The molecule has 0 saturated carbocycles. The zero-order chi connectivity index (χ0) is 8.97. The standard InChI is InChI=1S/C8H11N3S/c1-2-3-4-6-7(5-9)11-8(12)10-6/h3-5,9H,2H2,1H3,(H2,10,11,12)/b4-3-,9-5?. The fourth-order valence-corrected chi connectivity index (χ4v) is 1.11. The third kappa shape index (κ3) is 1.92. The molecule has 4 heteroatoms. The van der Waals surface area contributed by atoms with Crippen LogP contribution in [-0.4, -0.2) is 16.2 Å². The van der Waals surface area contributed by atoms with E-state index in [1.807, 2.05) is 12.2 Å². The van der Waals surface area contributed by atoms with Gasteiger partial charge in [0.05, 0.1) is 11.4 Å². The van der Waals surface area contributed by atoms with Gasteiger partial charge in [0, 0.05) is 6.21 Å². The van der Waals surface area contributed by atoms with E-state index in [1.54, 1.807) is 0 Å². The lowest BCUT2D eigenvalue weighted by atomic mass is 10.3. The molecule has 0 bridgehead atoms. The van der Waals surface area contributed by atoms with Gasteiger partial charge in [-0.1, -0.05) is 13.0 Å². The number of imidazole rings is 1. The van der Waals surface area contributed by atoms with Crippen molar-refractivity contribution in [1.29, 1.82) is 5.41 Å². The van der Waals surface area contributed by atoms with E-state index in [4.69, 9.17) is 17.6 Å². The maximum absolute atomic E-state index is 7.08. The van der Waals surface area contributed by atoms with Crippen molar-refractivity contribution in [3.05, 3.63) is 22.2 Å². The minimum Gasteiger partial charge on any atom is -0.331 e. The summed E-state index contributed by atoms with van der Waals surface area (Å²) in [4.78, 5) is 5.82. The molecule has 0 unspecified atom stereocenters. The van der Waals surface area contributed by atoms with Crippen molar-refractivity contribution in [2.24, 2.45) is 0 Å². The Bertz CT molecular complexity index is 345. The van der Waals surface area contributed by atoms with Crippen LogP contribution in [-0.2, 0) is 0 Å². The molecule has 0 fully saturated rings. The maximum Gasteiger partial charge on any atom is 0.175 e. The number of H-pyrrole nitrogens is 2. The molecule has 0 saturated heterocycles.